The van der Waals surface area contributed by atoms with Gasteiger partial charge in [-0.05, 0) is 19.3 Å². The van der Waals surface area contributed by atoms with Crippen LogP contribution < -0.4 is 0 Å². The SMILES string of the molecule is C#CC(O)CCCCCBr. The van der Waals surface area contributed by atoms with Gasteiger partial charge in [0.2, 0.25) is 0 Å². The zero-order chi connectivity index (χ0) is 7.82. The molecule has 0 saturated heterocycles. The molecule has 0 aliphatic carbocycles. The molecule has 1 atom stereocenters. The van der Waals surface area contributed by atoms with Gasteiger partial charge in [0.15, 0.2) is 0 Å². The van der Waals surface area contributed by atoms with Crippen molar-refractivity contribution in [3.05, 3.63) is 0 Å². The molecule has 0 radical (unpaired) electrons. The van der Waals surface area contributed by atoms with E-state index < -0.39 is 6.10 Å². The molecule has 0 spiro atoms. The van der Waals surface area contributed by atoms with Crippen LogP contribution in [0.5, 0.6) is 0 Å². The van der Waals surface area contributed by atoms with E-state index >= 15 is 0 Å². The topological polar surface area (TPSA) is 20.2 Å². The summed E-state index contributed by atoms with van der Waals surface area (Å²) in [5.41, 5.74) is 0. The third kappa shape index (κ3) is 6.12. The highest BCUT2D eigenvalue weighted by molar-refractivity contribution is 9.09. The highest BCUT2D eigenvalue weighted by Crippen LogP contribution is 2.04. The number of aliphatic hydroxyl groups excluding tert-OH is 1. The molecule has 0 saturated carbocycles. The van der Waals surface area contributed by atoms with Crippen LogP contribution in [0.1, 0.15) is 25.7 Å². The van der Waals surface area contributed by atoms with E-state index in [1.165, 1.54) is 0 Å². The summed E-state index contributed by atoms with van der Waals surface area (Å²) in [5.74, 6) is 2.29. The third-order valence-corrected chi connectivity index (χ3v) is 1.86. The molecule has 0 aliphatic rings. The summed E-state index contributed by atoms with van der Waals surface area (Å²) in [6.07, 6.45) is 8.52. The number of terminal acetylenes is 1. The van der Waals surface area contributed by atoms with Gasteiger partial charge >= 0.3 is 0 Å². The first-order valence-corrected chi connectivity index (χ1v) is 4.63. The standard InChI is InChI=1S/C8H13BrO/c1-2-8(10)6-4-3-5-7-9/h1,8,10H,3-7H2. The van der Waals surface area contributed by atoms with Crippen LogP contribution in [-0.4, -0.2) is 16.5 Å². The van der Waals surface area contributed by atoms with Crippen molar-refractivity contribution in [2.45, 2.75) is 31.8 Å². The number of rotatable bonds is 5. The van der Waals surface area contributed by atoms with Crippen LogP contribution in [0.3, 0.4) is 0 Å². The summed E-state index contributed by atoms with van der Waals surface area (Å²) in [6, 6.07) is 0. The fraction of sp³-hybridized carbons (Fsp3) is 0.750. The lowest BCUT2D eigenvalue weighted by molar-refractivity contribution is 0.218. The maximum absolute atomic E-state index is 8.91. The summed E-state index contributed by atoms with van der Waals surface area (Å²) >= 11 is 3.33. The minimum absolute atomic E-state index is 0.532. The molecule has 0 aromatic rings. The first-order valence-electron chi connectivity index (χ1n) is 3.51. The van der Waals surface area contributed by atoms with Gasteiger partial charge < -0.3 is 5.11 Å². The van der Waals surface area contributed by atoms with Crippen molar-refractivity contribution in [1.29, 1.82) is 0 Å². The lowest BCUT2D eigenvalue weighted by Gasteiger charge is -2.00. The second-order valence-electron chi connectivity index (χ2n) is 2.22. The van der Waals surface area contributed by atoms with Crippen LogP contribution in [-0.2, 0) is 0 Å². The van der Waals surface area contributed by atoms with E-state index in [0.29, 0.717) is 0 Å². The van der Waals surface area contributed by atoms with E-state index in [2.05, 4.69) is 21.9 Å². The Bertz CT molecular complexity index is 106. The number of hydrogen-bond acceptors (Lipinski definition) is 1. The molecular weight excluding hydrogens is 192 g/mol. The molecule has 1 N–H and O–H groups in total. The quantitative estimate of drug-likeness (QED) is 0.413. The van der Waals surface area contributed by atoms with Gasteiger partial charge in [0.25, 0.3) is 0 Å². The Balaban J connectivity index is 2.98. The van der Waals surface area contributed by atoms with E-state index in [-0.39, 0.29) is 0 Å². The Kier molecular flexibility index (Phi) is 7.11. The van der Waals surface area contributed by atoms with E-state index in [1.54, 1.807) is 0 Å². The van der Waals surface area contributed by atoms with Crippen LogP contribution in [0, 0.1) is 12.3 Å². The van der Waals surface area contributed by atoms with Gasteiger partial charge in [-0.1, -0.05) is 28.3 Å². The number of alkyl halides is 1. The highest BCUT2D eigenvalue weighted by atomic mass is 79.9. The van der Waals surface area contributed by atoms with E-state index in [4.69, 9.17) is 11.5 Å². The molecule has 0 fully saturated rings. The van der Waals surface area contributed by atoms with Gasteiger partial charge in [0.1, 0.15) is 6.10 Å². The number of unbranched alkanes of at least 4 members (excludes halogenated alkanes) is 2. The maximum Gasteiger partial charge on any atom is 0.114 e. The Morgan fingerprint density at radius 2 is 2.10 bits per heavy atom. The lowest BCUT2D eigenvalue weighted by atomic mass is 10.1. The van der Waals surface area contributed by atoms with Crippen molar-refractivity contribution >= 4 is 15.9 Å². The van der Waals surface area contributed by atoms with Crippen LogP contribution >= 0.6 is 15.9 Å². The Morgan fingerprint density at radius 3 is 2.60 bits per heavy atom. The zero-order valence-corrected chi connectivity index (χ0v) is 7.60. The van der Waals surface area contributed by atoms with Gasteiger partial charge in [0, 0.05) is 5.33 Å². The van der Waals surface area contributed by atoms with E-state index in [0.717, 1.165) is 31.0 Å². The second kappa shape index (κ2) is 7.11. The van der Waals surface area contributed by atoms with Crippen LogP contribution in [0.2, 0.25) is 0 Å². The van der Waals surface area contributed by atoms with Gasteiger partial charge in [-0.3, -0.25) is 0 Å². The molecule has 1 unspecified atom stereocenters. The minimum atomic E-state index is -0.532. The normalized spacial score (nSPS) is 12.5. The molecule has 0 rings (SSSR count). The molecular formula is C8H13BrO. The maximum atomic E-state index is 8.91. The number of halogens is 1. The van der Waals surface area contributed by atoms with Gasteiger partial charge in [0.05, 0.1) is 0 Å². The first-order chi connectivity index (χ1) is 4.81. The van der Waals surface area contributed by atoms with Gasteiger partial charge in [-0.2, -0.15) is 0 Å². The summed E-state index contributed by atoms with van der Waals surface area (Å²) < 4.78 is 0. The van der Waals surface area contributed by atoms with E-state index in [1.807, 2.05) is 0 Å². The van der Waals surface area contributed by atoms with Crippen LogP contribution in [0.25, 0.3) is 0 Å². The minimum Gasteiger partial charge on any atom is -0.380 e. The van der Waals surface area contributed by atoms with Crippen LogP contribution in [0.15, 0.2) is 0 Å². The molecule has 0 heterocycles. The molecule has 58 valence electrons. The molecule has 2 heteroatoms. The lowest BCUT2D eigenvalue weighted by Crippen LogP contribution is -2.01. The highest BCUT2D eigenvalue weighted by Gasteiger charge is 1.96. The monoisotopic (exact) mass is 204 g/mol. The molecule has 0 amide bonds. The summed E-state index contributed by atoms with van der Waals surface area (Å²) in [7, 11) is 0. The fourth-order valence-electron chi connectivity index (χ4n) is 0.692. The molecule has 0 aromatic heterocycles. The molecule has 0 aliphatic heterocycles. The predicted molar refractivity (Wildman–Crippen MR) is 47.1 cm³/mol. The third-order valence-electron chi connectivity index (χ3n) is 1.30. The van der Waals surface area contributed by atoms with Gasteiger partial charge in [-0.25, -0.2) is 0 Å². The smallest absolute Gasteiger partial charge is 0.114 e. The predicted octanol–water partition coefficient (Wildman–Crippen LogP) is 1.94. The molecule has 0 bridgehead atoms. The number of aliphatic hydroxyl groups is 1. The Hall–Kier alpha value is 0. The van der Waals surface area contributed by atoms with Crippen molar-refractivity contribution in [3.8, 4) is 12.3 Å². The molecule has 10 heavy (non-hydrogen) atoms. The van der Waals surface area contributed by atoms with Crippen molar-refractivity contribution < 1.29 is 5.11 Å². The van der Waals surface area contributed by atoms with Crippen molar-refractivity contribution in [1.82, 2.24) is 0 Å². The summed E-state index contributed by atoms with van der Waals surface area (Å²) in [5, 5.41) is 9.95. The van der Waals surface area contributed by atoms with E-state index in [9.17, 15) is 0 Å². The molecule has 1 nitrogen and oxygen atoms in total. The summed E-state index contributed by atoms with van der Waals surface area (Å²) in [4.78, 5) is 0. The van der Waals surface area contributed by atoms with Crippen LogP contribution in [0.4, 0.5) is 0 Å². The zero-order valence-electron chi connectivity index (χ0n) is 6.02. The van der Waals surface area contributed by atoms with Crippen molar-refractivity contribution in [2.75, 3.05) is 5.33 Å². The van der Waals surface area contributed by atoms with Gasteiger partial charge in [-0.15, -0.1) is 6.42 Å². The fourth-order valence-corrected chi connectivity index (χ4v) is 1.09. The second-order valence-corrected chi connectivity index (χ2v) is 3.01. The first kappa shape index (κ1) is 10.0. The Morgan fingerprint density at radius 1 is 1.40 bits per heavy atom. The summed E-state index contributed by atoms with van der Waals surface area (Å²) in [6.45, 7) is 0. The Labute approximate surface area is 71.0 Å². The average molecular weight is 205 g/mol. The van der Waals surface area contributed by atoms with Crippen molar-refractivity contribution in [3.63, 3.8) is 0 Å². The average Bonchev–Trinajstić information content (AvgIpc) is 1.98. The molecule has 0 aromatic carbocycles. The largest absolute Gasteiger partial charge is 0.380 e. The van der Waals surface area contributed by atoms with Crippen molar-refractivity contribution in [2.24, 2.45) is 0 Å². The number of hydrogen-bond donors (Lipinski definition) is 1.